The molecule has 6 heteroatoms. The Morgan fingerprint density at radius 2 is 1.93 bits per heavy atom. The second-order valence-electron chi connectivity index (χ2n) is 6.94. The summed E-state index contributed by atoms with van der Waals surface area (Å²) in [6.45, 7) is 6.29. The van der Waals surface area contributed by atoms with E-state index in [4.69, 9.17) is 9.73 Å². The van der Waals surface area contributed by atoms with Crippen LogP contribution in [0.1, 0.15) is 12.5 Å². The molecule has 0 N–H and O–H groups in total. The third-order valence-corrected chi connectivity index (χ3v) is 6.42. The zero-order valence-corrected chi connectivity index (χ0v) is 16.2. The first-order valence-electron chi connectivity index (χ1n) is 9.35. The van der Waals surface area contributed by atoms with E-state index in [0.717, 1.165) is 49.4 Å². The van der Waals surface area contributed by atoms with Crippen LogP contribution >= 0.6 is 11.8 Å². The second kappa shape index (κ2) is 7.11. The lowest BCUT2D eigenvalue weighted by Crippen LogP contribution is -2.41. The summed E-state index contributed by atoms with van der Waals surface area (Å²) >= 11 is 1.80. The zero-order chi connectivity index (χ0) is 18.2. The Labute approximate surface area is 163 Å². The van der Waals surface area contributed by atoms with Crippen LogP contribution in [0.5, 0.6) is 0 Å². The molecular formula is C21H22N4OS. The van der Waals surface area contributed by atoms with E-state index in [1.54, 1.807) is 11.8 Å². The van der Waals surface area contributed by atoms with Gasteiger partial charge in [-0.25, -0.2) is 9.98 Å². The van der Waals surface area contributed by atoms with E-state index in [-0.39, 0.29) is 5.50 Å². The molecule has 5 nitrogen and oxygen atoms in total. The highest BCUT2D eigenvalue weighted by atomic mass is 32.2. The van der Waals surface area contributed by atoms with E-state index in [1.165, 1.54) is 16.3 Å². The molecule has 3 heterocycles. The fourth-order valence-corrected chi connectivity index (χ4v) is 4.89. The molecule has 138 valence electrons. The molecule has 0 radical (unpaired) electrons. The predicted molar refractivity (Wildman–Crippen MR) is 112 cm³/mol. The molecule has 0 saturated carbocycles. The Morgan fingerprint density at radius 1 is 1.11 bits per heavy atom. The number of nitrogens with zero attached hydrogens (tertiary/aromatic N) is 4. The lowest BCUT2D eigenvalue weighted by Gasteiger charge is -2.29. The molecule has 2 aromatic rings. The first-order chi connectivity index (χ1) is 13.3. The molecule has 0 aliphatic carbocycles. The van der Waals surface area contributed by atoms with Gasteiger partial charge in [0.05, 0.1) is 24.7 Å². The highest BCUT2D eigenvalue weighted by molar-refractivity contribution is 8.04. The molecule has 1 fully saturated rings. The van der Waals surface area contributed by atoms with Crippen molar-refractivity contribution < 1.29 is 4.74 Å². The van der Waals surface area contributed by atoms with Crippen molar-refractivity contribution in [1.82, 2.24) is 9.80 Å². The standard InChI is InChI=1S/C21H22N4OS/c1-15-22-13-19-20(23-21(27-19)24-9-11-26-12-10-24)25(15)14-17-7-4-6-16-5-2-3-8-18(16)17/h2-8,13,21H,9-12,14H2,1H3. The van der Waals surface area contributed by atoms with E-state index in [2.05, 4.69) is 64.2 Å². The summed E-state index contributed by atoms with van der Waals surface area (Å²) in [6, 6.07) is 15.1. The van der Waals surface area contributed by atoms with Crippen LogP contribution in [0.25, 0.3) is 10.8 Å². The van der Waals surface area contributed by atoms with Gasteiger partial charge in [0.15, 0.2) is 5.50 Å². The minimum absolute atomic E-state index is 0.131. The lowest BCUT2D eigenvalue weighted by molar-refractivity contribution is 0.0341. The Hall–Kier alpha value is -2.15. The average molecular weight is 379 g/mol. The fourth-order valence-electron chi connectivity index (χ4n) is 3.77. The van der Waals surface area contributed by atoms with Crippen LogP contribution in [-0.2, 0) is 11.3 Å². The van der Waals surface area contributed by atoms with Crippen LogP contribution in [0.4, 0.5) is 0 Å². The van der Waals surface area contributed by atoms with Gasteiger partial charge in [0.25, 0.3) is 0 Å². The largest absolute Gasteiger partial charge is 0.379 e. The van der Waals surface area contributed by atoms with Crippen LogP contribution in [0, 0.1) is 0 Å². The van der Waals surface area contributed by atoms with E-state index in [9.17, 15) is 0 Å². The molecule has 1 unspecified atom stereocenters. The van der Waals surface area contributed by atoms with Gasteiger partial charge < -0.3 is 9.64 Å². The first-order valence-corrected chi connectivity index (χ1v) is 10.2. The maximum absolute atomic E-state index is 5.49. The maximum Gasteiger partial charge on any atom is 0.156 e. The predicted octanol–water partition coefficient (Wildman–Crippen LogP) is 3.68. The van der Waals surface area contributed by atoms with Crippen LogP contribution in [0.2, 0.25) is 0 Å². The summed E-state index contributed by atoms with van der Waals surface area (Å²) in [7, 11) is 0. The summed E-state index contributed by atoms with van der Waals surface area (Å²) < 4.78 is 5.49. The number of aliphatic imine (C=N–C) groups is 2. The minimum Gasteiger partial charge on any atom is -0.379 e. The molecule has 2 aromatic carbocycles. The van der Waals surface area contributed by atoms with Crippen molar-refractivity contribution in [3.63, 3.8) is 0 Å². The van der Waals surface area contributed by atoms with Gasteiger partial charge >= 0.3 is 0 Å². The summed E-state index contributed by atoms with van der Waals surface area (Å²) in [5.74, 6) is 2.05. The molecule has 3 aliphatic heterocycles. The van der Waals surface area contributed by atoms with Gasteiger partial charge in [-0.2, -0.15) is 0 Å². The van der Waals surface area contributed by atoms with Gasteiger partial charge in [-0.05, 0) is 23.3 Å². The Kier molecular flexibility index (Phi) is 4.47. The van der Waals surface area contributed by atoms with Crippen LogP contribution < -0.4 is 0 Å². The normalized spacial score (nSPS) is 23.1. The van der Waals surface area contributed by atoms with Crippen LogP contribution in [0.3, 0.4) is 0 Å². The Balaban J connectivity index is 1.46. The third kappa shape index (κ3) is 3.18. The van der Waals surface area contributed by atoms with Crippen molar-refractivity contribution in [3.8, 4) is 0 Å². The molecular weight excluding hydrogens is 356 g/mol. The summed E-state index contributed by atoms with van der Waals surface area (Å²) in [5, 5.41) is 2.56. The van der Waals surface area contributed by atoms with Crippen molar-refractivity contribution in [1.29, 1.82) is 0 Å². The van der Waals surface area contributed by atoms with Crippen molar-refractivity contribution in [2.45, 2.75) is 19.0 Å². The molecule has 0 amide bonds. The molecule has 3 aliphatic rings. The first kappa shape index (κ1) is 17.0. The maximum atomic E-state index is 5.49. The minimum atomic E-state index is 0.131. The molecule has 0 bridgehead atoms. The van der Waals surface area contributed by atoms with E-state index >= 15 is 0 Å². The Morgan fingerprint density at radius 3 is 2.81 bits per heavy atom. The van der Waals surface area contributed by atoms with Crippen LogP contribution in [-0.4, -0.2) is 53.3 Å². The third-order valence-electron chi connectivity index (χ3n) is 5.27. The zero-order valence-electron chi connectivity index (χ0n) is 15.3. The molecule has 5 rings (SSSR count). The number of morpholine rings is 1. The SMILES string of the molecule is CC1=NC=C2SC(N3CCOCC3)N=C2N1Cc1cccc2ccccc12. The number of thioether (sulfide) groups is 1. The molecule has 0 spiro atoms. The topological polar surface area (TPSA) is 40.4 Å². The van der Waals surface area contributed by atoms with Gasteiger partial charge in [-0.15, -0.1) is 0 Å². The number of ether oxygens (including phenoxy) is 1. The second-order valence-corrected chi connectivity index (χ2v) is 8.04. The van der Waals surface area contributed by atoms with E-state index in [1.807, 2.05) is 6.20 Å². The van der Waals surface area contributed by atoms with Crippen molar-refractivity contribution in [2.24, 2.45) is 9.98 Å². The van der Waals surface area contributed by atoms with Gasteiger partial charge in [0.1, 0.15) is 11.7 Å². The number of hydrogen-bond acceptors (Lipinski definition) is 6. The van der Waals surface area contributed by atoms with Gasteiger partial charge in [0, 0.05) is 19.3 Å². The monoisotopic (exact) mass is 378 g/mol. The number of rotatable bonds is 3. The Bertz CT molecular complexity index is 956. The van der Waals surface area contributed by atoms with Crippen LogP contribution in [0.15, 0.2) is 63.6 Å². The molecule has 27 heavy (non-hydrogen) atoms. The average Bonchev–Trinajstić information content (AvgIpc) is 3.16. The number of benzene rings is 2. The van der Waals surface area contributed by atoms with Crippen molar-refractivity contribution >= 4 is 34.2 Å². The van der Waals surface area contributed by atoms with Gasteiger partial charge in [0.2, 0.25) is 0 Å². The van der Waals surface area contributed by atoms with E-state index < -0.39 is 0 Å². The summed E-state index contributed by atoms with van der Waals surface area (Å²) in [6.07, 6.45) is 1.97. The fraction of sp³-hybridized carbons (Fsp3) is 0.333. The number of hydrogen-bond donors (Lipinski definition) is 0. The molecule has 1 atom stereocenters. The van der Waals surface area contributed by atoms with Gasteiger partial charge in [-0.3, -0.25) is 4.90 Å². The highest BCUT2D eigenvalue weighted by Gasteiger charge is 2.34. The van der Waals surface area contributed by atoms with E-state index in [0.29, 0.717) is 0 Å². The smallest absolute Gasteiger partial charge is 0.156 e. The lowest BCUT2D eigenvalue weighted by atomic mass is 10.0. The number of fused-ring (bicyclic) bond motifs is 2. The summed E-state index contributed by atoms with van der Waals surface area (Å²) in [5.41, 5.74) is 1.43. The summed E-state index contributed by atoms with van der Waals surface area (Å²) in [4.78, 5) is 15.5. The quantitative estimate of drug-likeness (QED) is 0.817. The number of amidine groups is 2. The molecule has 1 saturated heterocycles. The molecule has 0 aromatic heterocycles. The van der Waals surface area contributed by atoms with Gasteiger partial charge in [-0.1, -0.05) is 54.2 Å². The van der Waals surface area contributed by atoms with Crippen molar-refractivity contribution in [2.75, 3.05) is 26.3 Å². The van der Waals surface area contributed by atoms with Crippen molar-refractivity contribution in [3.05, 3.63) is 59.1 Å². The highest BCUT2D eigenvalue weighted by Crippen LogP contribution is 2.37.